The Hall–Kier alpha value is -4.12. The van der Waals surface area contributed by atoms with E-state index in [0.29, 0.717) is 11.1 Å². The van der Waals surface area contributed by atoms with Gasteiger partial charge < -0.3 is 9.47 Å². The van der Waals surface area contributed by atoms with Gasteiger partial charge in [0, 0.05) is 24.3 Å². The summed E-state index contributed by atoms with van der Waals surface area (Å²) in [6.45, 7) is 9.95. The molecule has 0 atom stereocenters. The van der Waals surface area contributed by atoms with Crippen molar-refractivity contribution >= 4 is 43.5 Å². The number of carbonyl (C=O) groups excluding carboxylic acids is 2. The Bertz CT molecular complexity index is 1140. The molecule has 0 fully saturated rings. The molecule has 0 radical (unpaired) electrons. The number of rotatable bonds is 7. The predicted molar refractivity (Wildman–Crippen MR) is 131 cm³/mol. The van der Waals surface area contributed by atoms with Crippen LogP contribution in [0.1, 0.15) is 31.8 Å². The highest BCUT2D eigenvalue weighted by Crippen LogP contribution is 2.20. The van der Waals surface area contributed by atoms with E-state index in [1.165, 1.54) is 50.6 Å². The minimum Gasteiger partial charge on any atom is -0.465 e. The quantitative estimate of drug-likeness (QED) is 0.222. The Labute approximate surface area is 197 Å². The summed E-state index contributed by atoms with van der Waals surface area (Å²) in [6, 6.07) is 8.24. The van der Waals surface area contributed by atoms with E-state index in [1.807, 2.05) is 6.08 Å². The summed E-state index contributed by atoms with van der Waals surface area (Å²) in [4.78, 5) is 43.0. The number of carbonyl (C=O) groups is 2. The molecule has 0 bridgehead atoms. The predicted octanol–water partition coefficient (Wildman–Crippen LogP) is 5.30. The monoisotopic (exact) mass is 486 g/mol. The van der Waals surface area contributed by atoms with E-state index in [-0.39, 0.29) is 22.5 Å². The number of hydrogen-bond acceptors (Lipinski definition) is 8. The second-order valence-corrected chi connectivity index (χ2v) is 13.1. The average Bonchev–Trinajstić information content (AvgIpc) is 2.80. The van der Waals surface area contributed by atoms with Crippen molar-refractivity contribution in [2.45, 2.75) is 19.6 Å². The van der Waals surface area contributed by atoms with Crippen LogP contribution >= 0.6 is 0 Å². The number of hydrogen-bond donors (Lipinski definition) is 0. The second-order valence-electron chi connectivity index (χ2n) is 8.03. The zero-order valence-electron chi connectivity index (χ0n) is 19.6. The van der Waals surface area contributed by atoms with Gasteiger partial charge in [0.2, 0.25) is 0 Å². The van der Waals surface area contributed by atoms with Crippen molar-refractivity contribution in [1.82, 2.24) is 0 Å². The van der Waals surface area contributed by atoms with Crippen LogP contribution in [-0.2, 0) is 9.47 Å². The maximum Gasteiger partial charge on any atom is 0.338 e. The number of benzene rings is 2. The minimum atomic E-state index is -1.40. The third kappa shape index (κ3) is 8.79. The normalized spacial score (nSPS) is 10.6. The fourth-order valence-electron chi connectivity index (χ4n) is 2.51. The molecule has 0 spiro atoms. The molecule has 11 heteroatoms. The second kappa shape index (κ2) is 12.2. The van der Waals surface area contributed by atoms with Gasteiger partial charge in [-0.1, -0.05) is 44.1 Å². The first-order valence-corrected chi connectivity index (χ1v) is 13.5. The molecule has 2 aromatic rings. The van der Waals surface area contributed by atoms with Crippen LogP contribution < -0.4 is 0 Å². The number of ether oxygens (including phenoxy) is 2. The Morgan fingerprint density at radius 2 is 1.24 bits per heavy atom. The van der Waals surface area contributed by atoms with E-state index in [1.54, 1.807) is 6.07 Å². The van der Waals surface area contributed by atoms with Gasteiger partial charge in [-0.15, -0.1) is 0 Å². The van der Waals surface area contributed by atoms with E-state index in [4.69, 9.17) is 0 Å². The highest BCUT2D eigenvalue weighted by Gasteiger charge is 2.15. The van der Waals surface area contributed by atoms with Gasteiger partial charge in [0.15, 0.2) is 0 Å². The van der Waals surface area contributed by atoms with E-state index < -0.39 is 29.9 Å². The number of non-ortho nitro benzene ring substituents is 2. The number of nitro groups is 2. The Morgan fingerprint density at radius 3 is 1.59 bits per heavy atom. The third-order valence-electron chi connectivity index (χ3n) is 4.16. The van der Waals surface area contributed by atoms with E-state index in [2.05, 4.69) is 41.4 Å². The van der Waals surface area contributed by atoms with Crippen molar-refractivity contribution in [3.05, 3.63) is 91.2 Å². The zero-order valence-corrected chi connectivity index (χ0v) is 20.6. The van der Waals surface area contributed by atoms with Crippen LogP contribution in [0.3, 0.4) is 0 Å². The zero-order chi connectivity index (χ0) is 26.1. The van der Waals surface area contributed by atoms with Gasteiger partial charge in [0.25, 0.3) is 11.4 Å². The highest BCUT2D eigenvalue weighted by atomic mass is 28.3. The summed E-state index contributed by atoms with van der Waals surface area (Å²) in [5.74, 6) is -1.19. The molecule has 0 amide bonds. The SMILES string of the molecule is C=Cc1cc(C(=O)OC)cc([N+](=O)[O-])c1.COC(=O)c1cc(C=C[Si](C)(C)C)cc([N+](=O)[O-])c1. The number of nitro benzene ring substituents is 2. The number of methoxy groups -OCH3 is 2. The molecule has 2 aromatic carbocycles. The molecule has 0 aliphatic carbocycles. The Kier molecular flexibility index (Phi) is 10.0. The van der Waals surface area contributed by atoms with Gasteiger partial charge in [0.1, 0.15) is 0 Å². The first-order chi connectivity index (χ1) is 15.8. The summed E-state index contributed by atoms with van der Waals surface area (Å²) in [7, 11) is 1.06. The third-order valence-corrected chi connectivity index (χ3v) is 5.32. The maximum absolute atomic E-state index is 11.5. The van der Waals surface area contributed by atoms with Gasteiger partial charge in [-0.2, -0.15) is 0 Å². The largest absolute Gasteiger partial charge is 0.465 e. The lowest BCUT2D eigenvalue weighted by Crippen LogP contribution is -2.15. The van der Waals surface area contributed by atoms with Gasteiger partial charge in [-0.25, -0.2) is 9.59 Å². The van der Waals surface area contributed by atoms with E-state index in [0.717, 1.165) is 0 Å². The van der Waals surface area contributed by atoms with Crippen LogP contribution in [0, 0.1) is 20.2 Å². The lowest BCUT2D eigenvalue weighted by molar-refractivity contribution is -0.385. The van der Waals surface area contributed by atoms with E-state index >= 15 is 0 Å². The molecule has 0 saturated carbocycles. The van der Waals surface area contributed by atoms with Crippen molar-refractivity contribution in [2.24, 2.45) is 0 Å². The van der Waals surface area contributed by atoms with Gasteiger partial charge in [-0.3, -0.25) is 20.2 Å². The molecule has 2 rings (SSSR count). The lowest BCUT2D eigenvalue weighted by atomic mass is 10.1. The fraction of sp³-hybridized carbons (Fsp3) is 0.217. The summed E-state index contributed by atoms with van der Waals surface area (Å²) in [6.07, 6.45) is 3.26. The first kappa shape index (κ1) is 27.9. The van der Waals surface area contributed by atoms with Crippen LogP contribution in [0.5, 0.6) is 0 Å². The van der Waals surface area contributed by atoms with Gasteiger partial charge >= 0.3 is 11.9 Å². The van der Waals surface area contributed by atoms with E-state index in [9.17, 15) is 29.8 Å². The molecular formula is C23H26N2O8Si. The topological polar surface area (TPSA) is 139 Å². The molecule has 0 saturated heterocycles. The molecule has 0 aromatic heterocycles. The Morgan fingerprint density at radius 1 is 0.824 bits per heavy atom. The molecule has 0 aliphatic heterocycles. The minimum absolute atomic E-state index is 0.113. The molecule has 0 aliphatic rings. The molecule has 0 N–H and O–H groups in total. The highest BCUT2D eigenvalue weighted by molar-refractivity contribution is 6.81. The van der Waals surface area contributed by atoms with Crippen molar-refractivity contribution in [3.8, 4) is 0 Å². The average molecular weight is 487 g/mol. The van der Waals surface area contributed by atoms with Crippen LogP contribution in [0.25, 0.3) is 12.2 Å². The van der Waals surface area contributed by atoms with Gasteiger partial charge in [-0.05, 0) is 23.3 Å². The number of nitrogens with zero attached hydrogens (tertiary/aromatic N) is 2. The smallest absolute Gasteiger partial charge is 0.338 e. The molecule has 0 heterocycles. The molecule has 180 valence electrons. The maximum atomic E-state index is 11.5. The van der Waals surface area contributed by atoms with Crippen molar-refractivity contribution in [2.75, 3.05) is 14.2 Å². The summed E-state index contributed by atoms with van der Waals surface area (Å²) < 4.78 is 9.07. The van der Waals surface area contributed by atoms with Crippen molar-refractivity contribution in [3.63, 3.8) is 0 Å². The summed E-state index contributed by atoms with van der Waals surface area (Å²) in [5, 5.41) is 21.4. The van der Waals surface area contributed by atoms with Crippen LogP contribution in [0.4, 0.5) is 11.4 Å². The standard InChI is InChI=1S/C13H17NO4Si.C10H9NO4/c1-18-13(15)11-7-10(5-6-19(2,3)4)8-12(9-11)14(16)17;1-3-7-4-8(10(12)15-2)6-9(5-7)11(13)14/h5-9H,1-4H3;3-6H,1H2,2H3. The van der Waals surface area contributed by atoms with Crippen LogP contribution in [0.15, 0.2) is 48.7 Å². The lowest BCUT2D eigenvalue weighted by Gasteiger charge is -2.08. The number of esters is 2. The molecule has 0 unspecified atom stereocenters. The van der Waals surface area contributed by atoms with Crippen LogP contribution in [-0.4, -0.2) is 44.1 Å². The Balaban J connectivity index is 0.000000350. The summed E-state index contributed by atoms with van der Waals surface area (Å²) in [5.41, 5.74) is 3.26. The van der Waals surface area contributed by atoms with Gasteiger partial charge in [0.05, 0.1) is 43.3 Å². The first-order valence-electron chi connectivity index (χ1n) is 9.88. The van der Waals surface area contributed by atoms with Crippen molar-refractivity contribution in [1.29, 1.82) is 0 Å². The molecule has 10 nitrogen and oxygen atoms in total. The fourth-order valence-corrected chi connectivity index (χ4v) is 3.20. The van der Waals surface area contributed by atoms with Crippen LogP contribution in [0.2, 0.25) is 19.6 Å². The molecule has 34 heavy (non-hydrogen) atoms. The van der Waals surface area contributed by atoms with Crippen molar-refractivity contribution < 1.29 is 28.9 Å². The summed E-state index contributed by atoms with van der Waals surface area (Å²) >= 11 is 0. The molecular weight excluding hydrogens is 460 g/mol.